The number of nitrogens with one attached hydrogen (secondary N) is 2. The van der Waals surface area contributed by atoms with E-state index in [1.54, 1.807) is 48.0 Å². The Kier molecular flexibility index (Phi) is 7.60. The Bertz CT molecular complexity index is 1070. The number of thioether (sulfide) groups is 1. The molecule has 2 aromatic carbocycles. The molecular weight excluding hydrogens is 469 g/mol. The molecule has 0 aliphatic carbocycles. The van der Waals surface area contributed by atoms with Crippen LogP contribution in [0.3, 0.4) is 0 Å². The molecule has 0 radical (unpaired) electrons. The van der Waals surface area contributed by atoms with Crippen molar-refractivity contribution >= 4 is 64.1 Å². The van der Waals surface area contributed by atoms with E-state index in [1.807, 2.05) is 0 Å². The molecule has 0 spiro atoms. The molecular formula is C19H16Cl3N5O2S. The molecule has 3 rings (SSSR count). The zero-order chi connectivity index (χ0) is 21.7. The van der Waals surface area contributed by atoms with Gasteiger partial charge in [-0.3, -0.25) is 9.59 Å². The maximum absolute atomic E-state index is 12.3. The minimum Gasteiger partial charge on any atom is -0.345 e. The molecule has 0 aliphatic heterocycles. The van der Waals surface area contributed by atoms with Gasteiger partial charge in [-0.25, -0.2) is 0 Å². The van der Waals surface area contributed by atoms with E-state index in [0.29, 0.717) is 32.3 Å². The third-order valence-corrected chi connectivity index (χ3v) is 5.79. The van der Waals surface area contributed by atoms with Crippen molar-refractivity contribution in [2.75, 3.05) is 11.1 Å². The zero-order valence-corrected chi connectivity index (χ0v) is 18.7. The first kappa shape index (κ1) is 22.4. The van der Waals surface area contributed by atoms with Crippen molar-refractivity contribution in [1.29, 1.82) is 0 Å². The van der Waals surface area contributed by atoms with Gasteiger partial charge in [-0.2, -0.15) is 0 Å². The second-order valence-corrected chi connectivity index (χ2v) is 8.33. The summed E-state index contributed by atoms with van der Waals surface area (Å²) < 4.78 is 1.71. The maximum Gasteiger partial charge on any atom is 0.253 e. The standard InChI is InChI=1S/C19H16Cl3N5O2S/c1-27-16(9-23-18(29)14-7-4-12(21)8-15(14)22)25-26-19(27)30-10-17(28)24-13-5-2-11(20)3-6-13/h2-8H,9-10H2,1H3,(H,23,29)(H,24,28). The van der Waals surface area contributed by atoms with Crippen molar-refractivity contribution in [3.05, 3.63) is 68.9 Å². The second-order valence-electron chi connectivity index (χ2n) is 6.11. The van der Waals surface area contributed by atoms with Crippen LogP contribution in [0.4, 0.5) is 5.69 Å². The molecule has 7 nitrogen and oxygen atoms in total. The quantitative estimate of drug-likeness (QED) is 0.484. The molecule has 2 N–H and O–H groups in total. The summed E-state index contributed by atoms with van der Waals surface area (Å²) in [4.78, 5) is 24.4. The molecule has 11 heteroatoms. The molecule has 0 aliphatic rings. The Morgan fingerprint density at radius 1 is 1.03 bits per heavy atom. The Labute approximate surface area is 192 Å². The van der Waals surface area contributed by atoms with Crippen LogP contribution in [0.25, 0.3) is 0 Å². The fourth-order valence-corrected chi connectivity index (χ4v) is 3.76. The van der Waals surface area contributed by atoms with Gasteiger partial charge in [0.2, 0.25) is 5.91 Å². The Morgan fingerprint density at radius 3 is 2.43 bits per heavy atom. The van der Waals surface area contributed by atoms with E-state index in [9.17, 15) is 9.59 Å². The van der Waals surface area contributed by atoms with Crippen molar-refractivity contribution in [2.24, 2.45) is 7.05 Å². The number of halogens is 3. The van der Waals surface area contributed by atoms with E-state index in [4.69, 9.17) is 34.8 Å². The second kappa shape index (κ2) is 10.2. The number of nitrogens with zero attached hydrogens (tertiary/aromatic N) is 3. The summed E-state index contributed by atoms with van der Waals surface area (Å²) in [5, 5.41) is 15.5. The van der Waals surface area contributed by atoms with Crippen LogP contribution < -0.4 is 10.6 Å². The number of benzene rings is 2. The minimum atomic E-state index is -0.351. The first-order valence-electron chi connectivity index (χ1n) is 8.63. The maximum atomic E-state index is 12.3. The van der Waals surface area contributed by atoms with Gasteiger partial charge in [0, 0.05) is 22.8 Å². The third kappa shape index (κ3) is 5.89. The van der Waals surface area contributed by atoms with Gasteiger partial charge < -0.3 is 15.2 Å². The van der Waals surface area contributed by atoms with Crippen LogP contribution >= 0.6 is 46.6 Å². The van der Waals surface area contributed by atoms with Crippen LogP contribution in [-0.4, -0.2) is 32.3 Å². The highest BCUT2D eigenvalue weighted by Crippen LogP contribution is 2.21. The minimum absolute atomic E-state index is 0.152. The number of hydrogen-bond acceptors (Lipinski definition) is 5. The van der Waals surface area contributed by atoms with Crippen LogP contribution in [0.15, 0.2) is 47.6 Å². The van der Waals surface area contributed by atoms with Crippen molar-refractivity contribution in [1.82, 2.24) is 20.1 Å². The average Bonchev–Trinajstić information content (AvgIpc) is 3.06. The SMILES string of the molecule is Cn1c(CNC(=O)c2ccc(Cl)cc2Cl)nnc1SCC(=O)Nc1ccc(Cl)cc1. The van der Waals surface area contributed by atoms with E-state index in [1.165, 1.54) is 17.8 Å². The summed E-state index contributed by atoms with van der Waals surface area (Å²) in [5.74, 6) is 0.157. The fourth-order valence-electron chi connectivity index (χ4n) is 2.41. The molecule has 0 saturated carbocycles. The molecule has 3 aromatic rings. The van der Waals surface area contributed by atoms with Gasteiger partial charge >= 0.3 is 0 Å². The van der Waals surface area contributed by atoms with Crippen molar-refractivity contribution < 1.29 is 9.59 Å². The topological polar surface area (TPSA) is 88.9 Å². The molecule has 0 atom stereocenters. The van der Waals surface area contributed by atoms with Gasteiger partial charge in [-0.15, -0.1) is 10.2 Å². The Hall–Kier alpha value is -2.26. The Morgan fingerprint density at radius 2 is 1.73 bits per heavy atom. The molecule has 0 unspecified atom stereocenters. The van der Waals surface area contributed by atoms with Gasteiger partial charge in [0.25, 0.3) is 5.91 Å². The molecule has 0 fully saturated rings. The third-order valence-electron chi connectivity index (χ3n) is 3.97. The predicted octanol–water partition coefficient (Wildman–Crippen LogP) is 4.44. The number of amides is 2. The predicted molar refractivity (Wildman–Crippen MR) is 119 cm³/mol. The summed E-state index contributed by atoms with van der Waals surface area (Å²) in [7, 11) is 1.76. The van der Waals surface area contributed by atoms with E-state index in [2.05, 4.69) is 20.8 Å². The van der Waals surface area contributed by atoms with Crippen molar-refractivity contribution in [3.63, 3.8) is 0 Å². The molecule has 1 aromatic heterocycles. The largest absolute Gasteiger partial charge is 0.345 e. The summed E-state index contributed by atoms with van der Waals surface area (Å²) in [6.45, 7) is 0.152. The van der Waals surface area contributed by atoms with Crippen LogP contribution in [-0.2, 0) is 18.4 Å². The highest BCUT2D eigenvalue weighted by atomic mass is 35.5. The van der Waals surface area contributed by atoms with Crippen LogP contribution in [0.1, 0.15) is 16.2 Å². The number of carbonyl (C=O) groups excluding carboxylic acids is 2. The number of anilines is 1. The summed E-state index contributed by atoms with van der Waals surface area (Å²) in [5.41, 5.74) is 0.976. The van der Waals surface area contributed by atoms with E-state index in [-0.39, 0.29) is 29.1 Å². The van der Waals surface area contributed by atoms with Crippen molar-refractivity contribution in [3.8, 4) is 0 Å². The lowest BCUT2D eigenvalue weighted by atomic mass is 10.2. The molecule has 2 amide bonds. The molecule has 1 heterocycles. The van der Waals surface area contributed by atoms with Gasteiger partial charge in [0.1, 0.15) is 0 Å². The van der Waals surface area contributed by atoms with Gasteiger partial charge in [-0.05, 0) is 42.5 Å². The first-order valence-corrected chi connectivity index (χ1v) is 10.7. The van der Waals surface area contributed by atoms with Crippen LogP contribution in [0.2, 0.25) is 15.1 Å². The highest BCUT2D eigenvalue weighted by Gasteiger charge is 2.15. The zero-order valence-electron chi connectivity index (χ0n) is 15.7. The van der Waals surface area contributed by atoms with Crippen LogP contribution in [0.5, 0.6) is 0 Å². The number of hydrogen-bond donors (Lipinski definition) is 2. The highest BCUT2D eigenvalue weighted by molar-refractivity contribution is 7.99. The van der Waals surface area contributed by atoms with E-state index >= 15 is 0 Å². The molecule has 30 heavy (non-hydrogen) atoms. The number of rotatable bonds is 7. The first-order chi connectivity index (χ1) is 14.3. The lowest BCUT2D eigenvalue weighted by molar-refractivity contribution is -0.113. The molecule has 0 saturated heterocycles. The lowest BCUT2D eigenvalue weighted by Crippen LogP contribution is -2.24. The van der Waals surface area contributed by atoms with E-state index < -0.39 is 0 Å². The summed E-state index contributed by atoms with van der Waals surface area (Å²) in [6.07, 6.45) is 0. The molecule has 156 valence electrons. The lowest BCUT2D eigenvalue weighted by Gasteiger charge is -2.08. The normalized spacial score (nSPS) is 10.7. The van der Waals surface area contributed by atoms with Gasteiger partial charge in [-0.1, -0.05) is 46.6 Å². The summed E-state index contributed by atoms with van der Waals surface area (Å²) >= 11 is 19.0. The van der Waals surface area contributed by atoms with Gasteiger partial charge in [0.05, 0.1) is 22.9 Å². The monoisotopic (exact) mass is 483 g/mol. The van der Waals surface area contributed by atoms with Crippen LogP contribution in [0, 0.1) is 0 Å². The number of aromatic nitrogens is 3. The smallest absolute Gasteiger partial charge is 0.253 e. The summed E-state index contributed by atoms with van der Waals surface area (Å²) in [6, 6.07) is 11.5. The average molecular weight is 485 g/mol. The fraction of sp³-hybridized carbons (Fsp3) is 0.158. The van der Waals surface area contributed by atoms with Crippen molar-refractivity contribution in [2.45, 2.75) is 11.7 Å². The molecule has 0 bridgehead atoms. The number of carbonyl (C=O) groups is 2. The Balaban J connectivity index is 1.53. The van der Waals surface area contributed by atoms with E-state index in [0.717, 1.165) is 0 Å². The van der Waals surface area contributed by atoms with Gasteiger partial charge in [0.15, 0.2) is 11.0 Å².